The maximum atomic E-state index is 10.7. The summed E-state index contributed by atoms with van der Waals surface area (Å²) in [7, 11) is 0. The van der Waals surface area contributed by atoms with E-state index in [9.17, 15) is 5.11 Å². The van der Waals surface area contributed by atoms with Gasteiger partial charge in [0, 0.05) is 0 Å². The zero-order chi connectivity index (χ0) is 8.81. The molecule has 1 rings (SSSR count). The van der Waals surface area contributed by atoms with Gasteiger partial charge in [-0.1, -0.05) is 37.6 Å². The van der Waals surface area contributed by atoms with Crippen LogP contribution in [0.5, 0.6) is 0 Å². The molecule has 1 aromatic carbocycles. The summed E-state index contributed by atoms with van der Waals surface area (Å²) in [6.07, 6.45) is 3.42. The molecule has 0 unspecified atom stereocenters. The van der Waals surface area contributed by atoms with E-state index in [2.05, 4.69) is 13.0 Å². The van der Waals surface area contributed by atoms with E-state index in [-0.39, 0.29) is 6.61 Å². The van der Waals surface area contributed by atoms with Gasteiger partial charge in [-0.05, 0) is 24.0 Å². The van der Waals surface area contributed by atoms with E-state index in [1.807, 2.05) is 18.2 Å². The van der Waals surface area contributed by atoms with Crippen LogP contribution in [0.4, 0.5) is 0 Å². The van der Waals surface area contributed by atoms with Crippen LogP contribution in [0.25, 0.3) is 0 Å². The third-order valence-electron chi connectivity index (χ3n) is 2.07. The lowest BCUT2D eigenvalue weighted by molar-refractivity contribution is 0.176. The van der Waals surface area contributed by atoms with Gasteiger partial charge in [0.05, 0.1) is 0 Å². The van der Waals surface area contributed by atoms with Gasteiger partial charge in [0.1, 0.15) is 6.61 Å². The maximum Gasteiger partial charge on any atom is 0.108 e. The van der Waals surface area contributed by atoms with Crippen molar-refractivity contribution in [3.05, 3.63) is 35.4 Å². The number of benzene rings is 1. The van der Waals surface area contributed by atoms with Crippen molar-refractivity contribution in [3.63, 3.8) is 0 Å². The highest BCUT2D eigenvalue weighted by atomic mass is 16.3. The van der Waals surface area contributed by atoms with Crippen molar-refractivity contribution in [2.24, 2.45) is 0 Å². The van der Waals surface area contributed by atoms with Gasteiger partial charge in [-0.15, -0.1) is 0 Å². The summed E-state index contributed by atoms with van der Waals surface area (Å²) in [5, 5.41) is 10.7. The zero-order valence-electron chi connectivity index (χ0n) is 7.55. The molecular formula is C11H15O. The van der Waals surface area contributed by atoms with Crippen molar-refractivity contribution >= 4 is 0 Å². The van der Waals surface area contributed by atoms with Gasteiger partial charge in [-0.25, -0.2) is 5.11 Å². The topological polar surface area (TPSA) is 19.9 Å². The molecule has 0 spiro atoms. The molecule has 0 atom stereocenters. The molecule has 0 fully saturated rings. The Morgan fingerprint density at radius 3 is 2.42 bits per heavy atom. The van der Waals surface area contributed by atoms with Crippen LogP contribution in [0.15, 0.2) is 24.3 Å². The monoisotopic (exact) mass is 163 g/mol. The van der Waals surface area contributed by atoms with Crippen LogP contribution in [0, 0.1) is 0 Å². The Kier molecular flexibility index (Phi) is 3.81. The zero-order valence-corrected chi connectivity index (χ0v) is 7.55. The molecule has 0 aliphatic heterocycles. The minimum absolute atomic E-state index is 0.0834. The lowest BCUT2D eigenvalue weighted by atomic mass is 10.0. The smallest absolute Gasteiger partial charge is 0.108 e. The van der Waals surface area contributed by atoms with Gasteiger partial charge in [0.15, 0.2) is 0 Å². The number of rotatable bonds is 4. The SMILES string of the molecule is CCCCc1ccccc1C[O]. The summed E-state index contributed by atoms with van der Waals surface area (Å²) in [5.74, 6) is 0. The number of unbranched alkanes of at least 4 members (excludes halogenated alkanes) is 1. The first-order chi connectivity index (χ1) is 5.88. The summed E-state index contributed by atoms with van der Waals surface area (Å²) < 4.78 is 0. The summed E-state index contributed by atoms with van der Waals surface area (Å²) in [6, 6.07) is 7.92. The van der Waals surface area contributed by atoms with E-state index < -0.39 is 0 Å². The van der Waals surface area contributed by atoms with Crippen molar-refractivity contribution in [2.45, 2.75) is 32.8 Å². The molecular weight excluding hydrogens is 148 g/mol. The number of hydrogen-bond donors (Lipinski definition) is 0. The first-order valence-electron chi connectivity index (χ1n) is 4.53. The number of hydrogen-bond acceptors (Lipinski definition) is 0. The third kappa shape index (κ3) is 2.35. The van der Waals surface area contributed by atoms with Gasteiger partial charge in [0.2, 0.25) is 0 Å². The molecule has 0 heterocycles. The maximum absolute atomic E-state index is 10.7. The van der Waals surface area contributed by atoms with E-state index in [0.717, 1.165) is 12.0 Å². The van der Waals surface area contributed by atoms with Crippen LogP contribution in [0.2, 0.25) is 0 Å². The molecule has 0 amide bonds. The minimum Gasteiger partial charge on any atom is -0.232 e. The molecule has 1 radical (unpaired) electrons. The molecule has 0 bridgehead atoms. The quantitative estimate of drug-likeness (QED) is 0.650. The molecule has 0 N–H and O–H groups in total. The molecule has 65 valence electrons. The van der Waals surface area contributed by atoms with Gasteiger partial charge in [0.25, 0.3) is 0 Å². The molecule has 1 aromatic rings. The first-order valence-corrected chi connectivity index (χ1v) is 4.53. The molecule has 0 saturated carbocycles. The second kappa shape index (κ2) is 4.94. The second-order valence-electron chi connectivity index (χ2n) is 3.02. The van der Waals surface area contributed by atoms with Crippen LogP contribution in [-0.4, -0.2) is 0 Å². The van der Waals surface area contributed by atoms with Crippen LogP contribution in [-0.2, 0) is 18.1 Å². The molecule has 12 heavy (non-hydrogen) atoms. The van der Waals surface area contributed by atoms with Crippen molar-refractivity contribution in [1.29, 1.82) is 0 Å². The fraction of sp³-hybridized carbons (Fsp3) is 0.455. The van der Waals surface area contributed by atoms with Crippen LogP contribution in [0.3, 0.4) is 0 Å². The highest BCUT2D eigenvalue weighted by Crippen LogP contribution is 2.11. The summed E-state index contributed by atoms with van der Waals surface area (Å²) in [4.78, 5) is 0. The molecule has 0 aliphatic rings. The van der Waals surface area contributed by atoms with Crippen molar-refractivity contribution in [1.82, 2.24) is 0 Å². The van der Waals surface area contributed by atoms with Crippen molar-refractivity contribution < 1.29 is 5.11 Å². The molecule has 1 heteroatoms. The second-order valence-corrected chi connectivity index (χ2v) is 3.02. The van der Waals surface area contributed by atoms with E-state index >= 15 is 0 Å². The van der Waals surface area contributed by atoms with E-state index in [0.29, 0.717) is 0 Å². The van der Waals surface area contributed by atoms with Gasteiger partial charge < -0.3 is 0 Å². The first kappa shape index (κ1) is 9.27. The summed E-state index contributed by atoms with van der Waals surface area (Å²) in [5.41, 5.74) is 2.19. The van der Waals surface area contributed by atoms with Crippen LogP contribution < -0.4 is 0 Å². The lowest BCUT2D eigenvalue weighted by Crippen LogP contribution is -1.92. The van der Waals surface area contributed by atoms with Crippen LogP contribution in [0.1, 0.15) is 30.9 Å². The van der Waals surface area contributed by atoms with Gasteiger partial charge in [-0.3, -0.25) is 0 Å². The molecule has 0 aliphatic carbocycles. The average Bonchev–Trinajstić information content (AvgIpc) is 2.15. The van der Waals surface area contributed by atoms with E-state index in [4.69, 9.17) is 0 Å². The van der Waals surface area contributed by atoms with E-state index in [1.165, 1.54) is 18.4 Å². The molecule has 1 nitrogen and oxygen atoms in total. The Morgan fingerprint density at radius 2 is 1.83 bits per heavy atom. The van der Waals surface area contributed by atoms with Crippen LogP contribution >= 0.6 is 0 Å². The Balaban J connectivity index is 2.68. The fourth-order valence-corrected chi connectivity index (χ4v) is 1.31. The Bertz CT molecular complexity index is 230. The minimum atomic E-state index is -0.0834. The normalized spacial score (nSPS) is 10.2. The Morgan fingerprint density at radius 1 is 1.17 bits per heavy atom. The molecule has 0 saturated heterocycles. The van der Waals surface area contributed by atoms with Gasteiger partial charge in [-0.2, -0.15) is 0 Å². The Hall–Kier alpha value is -0.820. The predicted molar refractivity (Wildman–Crippen MR) is 49.4 cm³/mol. The van der Waals surface area contributed by atoms with E-state index in [1.54, 1.807) is 0 Å². The highest BCUT2D eigenvalue weighted by molar-refractivity contribution is 5.26. The average molecular weight is 163 g/mol. The fourth-order valence-electron chi connectivity index (χ4n) is 1.31. The van der Waals surface area contributed by atoms with Crippen molar-refractivity contribution in [2.75, 3.05) is 0 Å². The number of aryl methyl sites for hydroxylation is 1. The molecule has 0 aromatic heterocycles. The van der Waals surface area contributed by atoms with Crippen molar-refractivity contribution in [3.8, 4) is 0 Å². The highest BCUT2D eigenvalue weighted by Gasteiger charge is 1.98. The van der Waals surface area contributed by atoms with Gasteiger partial charge >= 0.3 is 0 Å². The largest absolute Gasteiger partial charge is 0.232 e. The Labute approximate surface area is 74.1 Å². The summed E-state index contributed by atoms with van der Waals surface area (Å²) in [6.45, 7) is 2.08. The predicted octanol–water partition coefficient (Wildman–Crippen LogP) is 2.96. The lowest BCUT2D eigenvalue weighted by Gasteiger charge is -2.04. The standard InChI is InChI=1S/C11H15O/c1-2-3-6-10-7-4-5-8-11(10)9-12/h4-5,7-8H,2-3,6,9H2,1H3. The summed E-state index contributed by atoms with van der Waals surface area (Å²) >= 11 is 0. The third-order valence-corrected chi connectivity index (χ3v) is 2.07.